The largest absolute Gasteiger partial charge is 0.326 e. The van der Waals surface area contributed by atoms with Crippen LogP contribution in [0.15, 0.2) is 59.5 Å². The fraction of sp³-hybridized carbons (Fsp3) is 0.350. The van der Waals surface area contributed by atoms with Crippen molar-refractivity contribution in [3.63, 3.8) is 0 Å². The number of amides is 1. The first-order chi connectivity index (χ1) is 12.4. The van der Waals surface area contributed by atoms with Crippen LogP contribution in [-0.4, -0.2) is 31.7 Å². The Morgan fingerprint density at radius 3 is 2.23 bits per heavy atom. The zero-order chi connectivity index (χ0) is 19.2. The summed E-state index contributed by atoms with van der Waals surface area (Å²) in [6.45, 7) is 6.37. The van der Waals surface area contributed by atoms with Gasteiger partial charge in [-0.2, -0.15) is 4.31 Å². The van der Waals surface area contributed by atoms with Crippen LogP contribution in [0.25, 0.3) is 0 Å². The van der Waals surface area contributed by atoms with Crippen molar-refractivity contribution < 1.29 is 13.2 Å². The van der Waals surface area contributed by atoms with Gasteiger partial charge in [0, 0.05) is 18.8 Å². The van der Waals surface area contributed by atoms with Crippen LogP contribution in [0.2, 0.25) is 0 Å². The van der Waals surface area contributed by atoms with Crippen molar-refractivity contribution in [2.24, 2.45) is 0 Å². The molecule has 2 aromatic rings. The van der Waals surface area contributed by atoms with Gasteiger partial charge in [-0.3, -0.25) is 4.79 Å². The van der Waals surface area contributed by atoms with Crippen LogP contribution in [0.3, 0.4) is 0 Å². The first-order valence-electron chi connectivity index (χ1n) is 8.90. The molecule has 0 aromatic heterocycles. The minimum atomic E-state index is -3.56. The van der Waals surface area contributed by atoms with Crippen LogP contribution in [0.4, 0.5) is 5.69 Å². The van der Waals surface area contributed by atoms with E-state index in [1.54, 1.807) is 32.0 Å². The highest BCUT2D eigenvalue weighted by atomic mass is 32.2. The third kappa shape index (κ3) is 4.51. The first-order valence-corrected chi connectivity index (χ1v) is 10.3. The summed E-state index contributed by atoms with van der Waals surface area (Å²) in [5.41, 5.74) is 1.43. The molecule has 1 amide bonds. The molecule has 0 saturated carbocycles. The number of nitrogens with zero attached hydrogens (tertiary/aromatic N) is 1. The first kappa shape index (κ1) is 20.1. The monoisotopic (exact) mass is 374 g/mol. The summed E-state index contributed by atoms with van der Waals surface area (Å²) < 4.78 is 26.7. The Bertz CT molecular complexity index is 831. The molecule has 6 heteroatoms. The van der Waals surface area contributed by atoms with E-state index in [0.717, 1.165) is 5.56 Å². The third-order valence-electron chi connectivity index (χ3n) is 4.37. The number of hydrogen-bond donors (Lipinski definition) is 1. The second kappa shape index (κ2) is 8.96. The summed E-state index contributed by atoms with van der Waals surface area (Å²) in [5.74, 6) is -0.421. The Kier molecular flexibility index (Phi) is 6.94. The van der Waals surface area contributed by atoms with Crippen LogP contribution < -0.4 is 5.32 Å². The standard InChI is InChI=1S/C20H26N2O3S/c1-4-19(16-11-8-7-9-12-16)20(23)21-17-13-10-14-18(15-17)26(24,25)22(5-2)6-3/h7-15,19H,4-6H2,1-3H3,(H,21,23)/t19-/m1/s1. The predicted molar refractivity (Wildman–Crippen MR) is 105 cm³/mol. The molecule has 0 saturated heterocycles. The molecule has 5 nitrogen and oxygen atoms in total. The highest BCUT2D eigenvalue weighted by Crippen LogP contribution is 2.23. The second-order valence-corrected chi connectivity index (χ2v) is 7.92. The summed E-state index contributed by atoms with van der Waals surface area (Å²) in [5, 5.41) is 2.86. The molecule has 26 heavy (non-hydrogen) atoms. The Morgan fingerprint density at radius 1 is 1.00 bits per heavy atom. The Morgan fingerprint density at radius 2 is 1.65 bits per heavy atom. The van der Waals surface area contributed by atoms with Gasteiger partial charge < -0.3 is 5.32 Å². The third-order valence-corrected chi connectivity index (χ3v) is 6.42. The quantitative estimate of drug-likeness (QED) is 0.763. The maximum Gasteiger partial charge on any atom is 0.243 e. The SMILES string of the molecule is CC[C@@H](C(=O)Nc1cccc(S(=O)(=O)N(CC)CC)c1)c1ccccc1. The second-order valence-electron chi connectivity index (χ2n) is 5.98. The van der Waals surface area contributed by atoms with E-state index in [4.69, 9.17) is 0 Å². The lowest BCUT2D eigenvalue weighted by atomic mass is 9.95. The zero-order valence-electron chi connectivity index (χ0n) is 15.5. The van der Waals surface area contributed by atoms with Gasteiger partial charge in [-0.1, -0.05) is 57.2 Å². The predicted octanol–water partition coefficient (Wildman–Crippen LogP) is 3.85. The fourth-order valence-corrected chi connectivity index (χ4v) is 4.44. The molecule has 2 aromatic carbocycles. The van der Waals surface area contributed by atoms with Gasteiger partial charge in [-0.05, 0) is 30.2 Å². The van der Waals surface area contributed by atoms with Gasteiger partial charge in [0.2, 0.25) is 15.9 Å². The summed E-state index contributed by atoms with van der Waals surface area (Å²) >= 11 is 0. The van der Waals surface area contributed by atoms with Crippen molar-refractivity contribution >= 4 is 21.6 Å². The number of hydrogen-bond acceptors (Lipinski definition) is 3. The van der Waals surface area contributed by atoms with E-state index in [-0.39, 0.29) is 16.7 Å². The van der Waals surface area contributed by atoms with Gasteiger partial charge in [-0.15, -0.1) is 0 Å². The highest BCUT2D eigenvalue weighted by molar-refractivity contribution is 7.89. The van der Waals surface area contributed by atoms with E-state index in [1.807, 2.05) is 37.3 Å². The molecule has 0 aliphatic rings. The van der Waals surface area contributed by atoms with Crippen molar-refractivity contribution in [2.75, 3.05) is 18.4 Å². The van der Waals surface area contributed by atoms with Crippen LogP contribution in [-0.2, 0) is 14.8 Å². The highest BCUT2D eigenvalue weighted by Gasteiger charge is 2.23. The molecular formula is C20H26N2O3S. The normalized spacial score (nSPS) is 12.8. The molecule has 0 unspecified atom stereocenters. The molecule has 2 rings (SSSR count). The Balaban J connectivity index is 2.24. The van der Waals surface area contributed by atoms with Crippen molar-refractivity contribution in [3.8, 4) is 0 Å². The number of benzene rings is 2. The van der Waals surface area contributed by atoms with E-state index in [9.17, 15) is 13.2 Å². The summed E-state index contributed by atoms with van der Waals surface area (Å²) in [6.07, 6.45) is 0.660. The Labute approximate surface area is 156 Å². The zero-order valence-corrected chi connectivity index (χ0v) is 16.3. The van der Waals surface area contributed by atoms with Gasteiger partial charge in [0.05, 0.1) is 10.8 Å². The molecule has 0 spiro atoms. The summed E-state index contributed by atoms with van der Waals surface area (Å²) in [6, 6.07) is 16.0. The maximum atomic E-state index is 12.7. The van der Waals surface area contributed by atoms with Crippen molar-refractivity contribution in [1.82, 2.24) is 4.31 Å². The fourth-order valence-electron chi connectivity index (χ4n) is 2.93. The lowest BCUT2D eigenvalue weighted by Crippen LogP contribution is -2.30. The van der Waals surface area contributed by atoms with E-state index in [1.165, 1.54) is 10.4 Å². The summed E-state index contributed by atoms with van der Waals surface area (Å²) in [7, 11) is -3.56. The molecule has 0 aliphatic heterocycles. The number of anilines is 1. The Hall–Kier alpha value is -2.18. The van der Waals surface area contributed by atoms with Crippen LogP contribution in [0, 0.1) is 0 Å². The van der Waals surface area contributed by atoms with Gasteiger partial charge >= 0.3 is 0 Å². The lowest BCUT2D eigenvalue weighted by molar-refractivity contribution is -0.117. The molecule has 0 heterocycles. The molecule has 1 N–H and O–H groups in total. The number of nitrogens with one attached hydrogen (secondary N) is 1. The minimum Gasteiger partial charge on any atom is -0.326 e. The van der Waals surface area contributed by atoms with E-state index in [2.05, 4.69) is 5.32 Å². The lowest BCUT2D eigenvalue weighted by Gasteiger charge is -2.19. The van der Waals surface area contributed by atoms with E-state index in [0.29, 0.717) is 25.2 Å². The van der Waals surface area contributed by atoms with Crippen molar-refractivity contribution in [1.29, 1.82) is 0 Å². The minimum absolute atomic E-state index is 0.143. The van der Waals surface area contributed by atoms with Gasteiger partial charge in [0.15, 0.2) is 0 Å². The number of sulfonamides is 1. The van der Waals surface area contributed by atoms with Crippen LogP contribution >= 0.6 is 0 Å². The molecule has 1 atom stereocenters. The van der Waals surface area contributed by atoms with Gasteiger partial charge in [0.1, 0.15) is 0 Å². The number of carbonyl (C=O) groups excluding carboxylic acids is 1. The maximum absolute atomic E-state index is 12.7. The molecule has 140 valence electrons. The molecule has 0 bridgehead atoms. The van der Waals surface area contributed by atoms with Crippen molar-refractivity contribution in [3.05, 3.63) is 60.2 Å². The van der Waals surface area contributed by atoms with Crippen LogP contribution in [0.5, 0.6) is 0 Å². The van der Waals surface area contributed by atoms with Gasteiger partial charge in [0.25, 0.3) is 0 Å². The molecular weight excluding hydrogens is 348 g/mol. The van der Waals surface area contributed by atoms with E-state index < -0.39 is 10.0 Å². The summed E-state index contributed by atoms with van der Waals surface area (Å²) in [4.78, 5) is 12.9. The average molecular weight is 375 g/mol. The van der Waals surface area contributed by atoms with Gasteiger partial charge in [-0.25, -0.2) is 8.42 Å². The smallest absolute Gasteiger partial charge is 0.243 e. The molecule has 0 fully saturated rings. The van der Waals surface area contributed by atoms with E-state index >= 15 is 0 Å². The molecule has 0 radical (unpaired) electrons. The number of carbonyl (C=O) groups is 1. The molecule has 0 aliphatic carbocycles. The average Bonchev–Trinajstić information content (AvgIpc) is 2.64. The van der Waals surface area contributed by atoms with Crippen molar-refractivity contribution in [2.45, 2.75) is 38.0 Å². The topological polar surface area (TPSA) is 66.5 Å². The van der Waals surface area contributed by atoms with Crippen LogP contribution in [0.1, 0.15) is 38.7 Å². The number of rotatable bonds is 8.